The van der Waals surface area contributed by atoms with Crippen LogP contribution < -0.4 is 16.4 Å². The molecule has 1 atom stereocenters. The van der Waals surface area contributed by atoms with Gasteiger partial charge in [0.2, 0.25) is 5.95 Å². The predicted molar refractivity (Wildman–Crippen MR) is 92.6 cm³/mol. The third kappa shape index (κ3) is 2.73. The minimum Gasteiger partial charge on any atom is -0.368 e. The summed E-state index contributed by atoms with van der Waals surface area (Å²) in [5.41, 5.74) is 6.49. The Bertz CT molecular complexity index is 885. The molecule has 0 bridgehead atoms. The molecule has 7 heteroatoms. The first-order valence-electron chi connectivity index (χ1n) is 7.64. The molecule has 3 heterocycles. The lowest BCUT2D eigenvalue weighted by molar-refractivity contribution is 0.0952. The standard InChI is InChI=1S/C16H17N5OS/c17-16-20-8-10-1-2-12-11(14(10)21-16)5-13(23-12)15(22)19-7-9-3-4-18-6-9/h1-2,5,8-9,18H,3-4,6-7H2,(H,19,22)(H2,17,20,21). The van der Waals surface area contributed by atoms with Crippen LogP contribution in [0, 0.1) is 5.92 Å². The van der Waals surface area contributed by atoms with E-state index < -0.39 is 0 Å². The maximum atomic E-state index is 12.4. The van der Waals surface area contributed by atoms with Gasteiger partial charge in [0.1, 0.15) is 0 Å². The highest BCUT2D eigenvalue weighted by molar-refractivity contribution is 7.21. The van der Waals surface area contributed by atoms with Gasteiger partial charge in [-0.1, -0.05) is 0 Å². The summed E-state index contributed by atoms with van der Waals surface area (Å²) < 4.78 is 1.03. The van der Waals surface area contributed by atoms with Crippen LogP contribution in [-0.4, -0.2) is 35.5 Å². The first-order chi connectivity index (χ1) is 11.2. The largest absolute Gasteiger partial charge is 0.368 e. The SMILES string of the molecule is Nc1ncc2ccc3sc(C(=O)NCC4CCNC4)cc3c2n1. The third-order valence-corrected chi connectivity index (χ3v) is 5.30. The Labute approximate surface area is 137 Å². The monoisotopic (exact) mass is 327 g/mol. The molecule has 1 aromatic carbocycles. The van der Waals surface area contributed by atoms with Gasteiger partial charge in [0, 0.05) is 28.2 Å². The first-order valence-corrected chi connectivity index (χ1v) is 8.46. The molecule has 1 amide bonds. The summed E-state index contributed by atoms with van der Waals surface area (Å²) in [5.74, 6) is 0.755. The van der Waals surface area contributed by atoms with Crippen LogP contribution in [-0.2, 0) is 0 Å². The molecule has 2 aromatic heterocycles. The lowest BCUT2D eigenvalue weighted by atomic mass is 10.1. The number of rotatable bonds is 3. The van der Waals surface area contributed by atoms with Gasteiger partial charge in [-0.05, 0) is 43.6 Å². The summed E-state index contributed by atoms with van der Waals surface area (Å²) in [6.07, 6.45) is 2.83. The van der Waals surface area contributed by atoms with E-state index in [4.69, 9.17) is 5.73 Å². The molecule has 1 unspecified atom stereocenters. The zero-order valence-electron chi connectivity index (χ0n) is 12.5. The van der Waals surface area contributed by atoms with Gasteiger partial charge in [-0.25, -0.2) is 9.97 Å². The van der Waals surface area contributed by atoms with Gasteiger partial charge in [-0.2, -0.15) is 0 Å². The number of aromatic nitrogens is 2. The third-order valence-electron chi connectivity index (χ3n) is 4.20. The highest BCUT2D eigenvalue weighted by Crippen LogP contribution is 2.31. The number of carbonyl (C=O) groups is 1. The fraction of sp³-hybridized carbons (Fsp3) is 0.312. The number of nitrogens with two attached hydrogens (primary N) is 1. The van der Waals surface area contributed by atoms with Crippen LogP contribution in [0.15, 0.2) is 24.4 Å². The second kappa shape index (κ2) is 5.75. The van der Waals surface area contributed by atoms with Crippen LogP contribution in [0.3, 0.4) is 0 Å². The van der Waals surface area contributed by atoms with Gasteiger partial charge in [0.05, 0.1) is 10.4 Å². The average Bonchev–Trinajstić information content (AvgIpc) is 3.21. The van der Waals surface area contributed by atoms with E-state index in [2.05, 4.69) is 20.6 Å². The van der Waals surface area contributed by atoms with Crippen molar-refractivity contribution < 1.29 is 4.79 Å². The average molecular weight is 327 g/mol. The van der Waals surface area contributed by atoms with Crippen molar-refractivity contribution in [1.29, 1.82) is 0 Å². The molecule has 0 spiro atoms. The van der Waals surface area contributed by atoms with E-state index in [1.807, 2.05) is 18.2 Å². The molecule has 1 aliphatic rings. The molecule has 4 N–H and O–H groups in total. The molecule has 3 aromatic rings. The van der Waals surface area contributed by atoms with Crippen LogP contribution in [0.5, 0.6) is 0 Å². The van der Waals surface area contributed by atoms with Crippen molar-refractivity contribution in [3.8, 4) is 0 Å². The van der Waals surface area contributed by atoms with E-state index in [1.165, 1.54) is 11.3 Å². The minimum absolute atomic E-state index is 0.0201. The fourth-order valence-corrected chi connectivity index (χ4v) is 3.93. The number of fused-ring (bicyclic) bond motifs is 3. The molecular weight excluding hydrogens is 310 g/mol. The molecule has 0 radical (unpaired) electrons. The van der Waals surface area contributed by atoms with Crippen molar-refractivity contribution in [2.24, 2.45) is 5.92 Å². The quantitative estimate of drug-likeness (QED) is 0.682. The number of nitrogens with zero attached hydrogens (tertiary/aromatic N) is 2. The summed E-state index contributed by atoms with van der Waals surface area (Å²) >= 11 is 1.48. The molecule has 118 valence electrons. The fourth-order valence-electron chi connectivity index (χ4n) is 2.95. The van der Waals surface area contributed by atoms with Crippen molar-refractivity contribution in [2.75, 3.05) is 25.4 Å². The van der Waals surface area contributed by atoms with E-state index in [-0.39, 0.29) is 11.9 Å². The Hall–Kier alpha value is -2.25. The van der Waals surface area contributed by atoms with Crippen molar-refractivity contribution >= 4 is 44.2 Å². The number of nitrogen functional groups attached to an aromatic ring is 1. The number of carbonyl (C=O) groups excluding carboxylic acids is 1. The van der Waals surface area contributed by atoms with Crippen molar-refractivity contribution in [3.05, 3.63) is 29.3 Å². The van der Waals surface area contributed by atoms with Crippen molar-refractivity contribution in [1.82, 2.24) is 20.6 Å². The molecule has 1 fully saturated rings. The maximum Gasteiger partial charge on any atom is 0.261 e. The molecule has 23 heavy (non-hydrogen) atoms. The van der Waals surface area contributed by atoms with Crippen LogP contribution in [0.2, 0.25) is 0 Å². The maximum absolute atomic E-state index is 12.4. The molecule has 1 saturated heterocycles. The topological polar surface area (TPSA) is 92.9 Å². The van der Waals surface area contributed by atoms with Gasteiger partial charge >= 0.3 is 0 Å². The number of hydrogen-bond donors (Lipinski definition) is 3. The Morgan fingerprint density at radius 3 is 3.22 bits per heavy atom. The Morgan fingerprint density at radius 2 is 2.39 bits per heavy atom. The van der Waals surface area contributed by atoms with Gasteiger partial charge in [-0.3, -0.25) is 4.79 Å². The number of nitrogens with one attached hydrogen (secondary N) is 2. The molecular formula is C16H17N5OS. The zero-order valence-corrected chi connectivity index (χ0v) is 13.3. The number of thiophene rings is 1. The number of amides is 1. The lowest BCUT2D eigenvalue weighted by Gasteiger charge is -2.08. The second-order valence-electron chi connectivity index (χ2n) is 5.82. The number of hydrogen-bond acceptors (Lipinski definition) is 6. The van der Waals surface area contributed by atoms with Crippen LogP contribution in [0.1, 0.15) is 16.1 Å². The molecule has 6 nitrogen and oxygen atoms in total. The molecule has 0 aliphatic carbocycles. The normalized spacial score (nSPS) is 17.8. The lowest BCUT2D eigenvalue weighted by Crippen LogP contribution is -2.29. The van der Waals surface area contributed by atoms with Gasteiger partial charge in [-0.15, -0.1) is 11.3 Å². The van der Waals surface area contributed by atoms with E-state index in [9.17, 15) is 4.79 Å². The first kappa shape index (κ1) is 14.3. The minimum atomic E-state index is -0.0201. The smallest absolute Gasteiger partial charge is 0.261 e. The van der Waals surface area contributed by atoms with Crippen molar-refractivity contribution in [2.45, 2.75) is 6.42 Å². The Kier molecular flexibility index (Phi) is 3.59. The predicted octanol–water partition coefficient (Wildman–Crippen LogP) is 1.77. The van der Waals surface area contributed by atoms with E-state index >= 15 is 0 Å². The van der Waals surface area contributed by atoms with Crippen LogP contribution >= 0.6 is 11.3 Å². The molecule has 0 saturated carbocycles. The summed E-state index contributed by atoms with van der Waals surface area (Å²) in [4.78, 5) is 21.4. The van der Waals surface area contributed by atoms with Crippen molar-refractivity contribution in [3.63, 3.8) is 0 Å². The summed E-state index contributed by atoms with van der Waals surface area (Å²) in [6, 6.07) is 5.86. The van der Waals surface area contributed by atoms with Crippen LogP contribution in [0.4, 0.5) is 5.95 Å². The molecule has 1 aliphatic heterocycles. The summed E-state index contributed by atoms with van der Waals surface area (Å²) in [7, 11) is 0. The highest BCUT2D eigenvalue weighted by Gasteiger charge is 2.17. The molecule has 4 rings (SSSR count). The van der Waals surface area contributed by atoms with Gasteiger partial charge in [0.15, 0.2) is 0 Å². The highest BCUT2D eigenvalue weighted by atomic mass is 32.1. The number of anilines is 1. The summed E-state index contributed by atoms with van der Waals surface area (Å²) in [5, 5.41) is 8.22. The Morgan fingerprint density at radius 1 is 1.48 bits per heavy atom. The van der Waals surface area contributed by atoms with E-state index in [0.29, 0.717) is 10.8 Å². The van der Waals surface area contributed by atoms with E-state index in [0.717, 1.165) is 47.0 Å². The Balaban J connectivity index is 1.63. The van der Waals surface area contributed by atoms with Crippen LogP contribution in [0.25, 0.3) is 21.0 Å². The van der Waals surface area contributed by atoms with Gasteiger partial charge < -0.3 is 16.4 Å². The summed E-state index contributed by atoms with van der Waals surface area (Å²) in [6.45, 7) is 2.74. The zero-order chi connectivity index (χ0) is 15.8. The van der Waals surface area contributed by atoms with Gasteiger partial charge in [0.25, 0.3) is 5.91 Å². The number of benzene rings is 1. The van der Waals surface area contributed by atoms with E-state index in [1.54, 1.807) is 6.20 Å². The second-order valence-corrected chi connectivity index (χ2v) is 6.91.